The van der Waals surface area contributed by atoms with Crippen LogP contribution in [-0.2, 0) is 0 Å². The summed E-state index contributed by atoms with van der Waals surface area (Å²) in [4.78, 5) is 0. The zero-order valence-corrected chi connectivity index (χ0v) is 12.6. The lowest BCUT2D eigenvalue weighted by Gasteiger charge is -2.24. The van der Waals surface area contributed by atoms with Crippen LogP contribution in [-0.4, -0.2) is 12.1 Å². The summed E-state index contributed by atoms with van der Waals surface area (Å²) in [7, 11) is 0. The van der Waals surface area contributed by atoms with Gasteiger partial charge in [-0.3, -0.25) is 0 Å². The molecule has 0 amide bonds. The Balaban J connectivity index is 2.29. The van der Waals surface area contributed by atoms with Crippen LogP contribution in [0, 0.1) is 5.41 Å². The third kappa shape index (κ3) is 3.14. The molecule has 0 aromatic heterocycles. The Bertz CT molecular complexity index is 413. The molecule has 1 aliphatic carbocycles. The first kappa shape index (κ1) is 13.6. The molecule has 1 saturated heterocycles. The summed E-state index contributed by atoms with van der Waals surface area (Å²) in [6.07, 6.45) is 10.8. The number of hydrogen-bond donors (Lipinski definition) is 1. The van der Waals surface area contributed by atoms with Crippen molar-refractivity contribution in [3.8, 4) is 0 Å². The number of nitrogens with one attached hydrogen (secondary N) is 1. The molecule has 0 atom stereocenters. The fraction of sp³-hybridized carbons (Fsp3) is 0.647. The molecule has 18 heavy (non-hydrogen) atoms. The molecule has 0 bridgehead atoms. The van der Waals surface area contributed by atoms with Crippen LogP contribution in [0.2, 0.25) is 0 Å². The van der Waals surface area contributed by atoms with Crippen molar-refractivity contribution in [1.82, 2.24) is 5.32 Å². The first-order valence-corrected chi connectivity index (χ1v) is 7.14. The van der Waals surface area contributed by atoms with Gasteiger partial charge in [-0.05, 0) is 55.2 Å². The molecule has 100 valence electrons. The van der Waals surface area contributed by atoms with Gasteiger partial charge in [-0.15, -0.1) is 0 Å². The van der Waals surface area contributed by atoms with Crippen LogP contribution >= 0.6 is 0 Å². The molecule has 0 unspecified atom stereocenters. The Kier molecular flexibility index (Phi) is 3.55. The molecule has 0 aromatic carbocycles. The van der Waals surface area contributed by atoms with Crippen LogP contribution in [0.4, 0.5) is 0 Å². The van der Waals surface area contributed by atoms with Gasteiger partial charge in [-0.2, -0.15) is 0 Å². The molecule has 1 heteroatoms. The van der Waals surface area contributed by atoms with Gasteiger partial charge in [0.2, 0.25) is 0 Å². The highest BCUT2D eigenvalue weighted by Crippen LogP contribution is 2.34. The molecule has 0 radical (unpaired) electrons. The zero-order valence-electron chi connectivity index (χ0n) is 12.6. The molecular weight excluding hydrogens is 218 g/mol. The molecule has 1 aliphatic heterocycles. The number of rotatable bonds is 0. The van der Waals surface area contributed by atoms with Gasteiger partial charge in [0.25, 0.3) is 0 Å². The molecule has 0 saturated carbocycles. The van der Waals surface area contributed by atoms with Crippen molar-refractivity contribution in [2.45, 2.75) is 59.4 Å². The van der Waals surface area contributed by atoms with Gasteiger partial charge < -0.3 is 5.32 Å². The van der Waals surface area contributed by atoms with Crippen LogP contribution in [0.1, 0.15) is 53.9 Å². The lowest BCUT2D eigenvalue weighted by molar-refractivity contribution is 0.390. The number of fused-ring (bicyclic) bond motifs is 1. The predicted molar refractivity (Wildman–Crippen MR) is 79.6 cm³/mol. The van der Waals surface area contributed by atoms with Gasteiger partial charge in [-0.25, -0.2) is 0 Å². The maximum atomic E-state index is 3.68. The monoisotopic (exact) mass is 245 g/mol. The highest BCUT2D eigenvalue weighted by Gasteiger charge is 2.25. The lowest BCUT2D eigenvalue weighted by Crippen LogP contribution is -2.38. The van der Waals surface area contributed by atoms with E-state index in [0.717, 1.165) is 13.0 Å². The van der Waals surface area contributed by atoms with Crippen LogP contribution < -0.4 is 5.32 Å². The minimum absolute atomic E-state index is 0.248. The summed E-state index contributed by atoms with van der Waals surface area (Å²) in [6, 6.07) is 0. The molecule has 0 spiro atoms. The van der Waals surface area contributed by atoms with Crippen molar-refractivity contribution in [1.29, 1.82) is 0 Å². The van der Waals surface area contributed by atoms with Crippen LogP contribution in [0.15, 0.2) is 34.9 Å². The van der Waals surface area contributed by atoms with Gasteiger partial charge in [0, 0.05) is 12.1 Å². The Morgan fingerprint density at radius 1 is 1.11 bits per heavy atom. The lowest BCUT2D eigenvalue weighted by atomic mass is 9.84. The van der Waals surface area contributed by atoms with Crippen molar-refractivity contribution in [3.63, 3.8) is 0 Å². The second-order valence-corrected chi connectivity index (χ2v) is 7.28. The summed E-state index contributed by atoms with van der Waals surface area (Å²) in [5.41, 5.74) is 5.05. The van der Waals surface area contributed by atoms with E-state index >= 15 is 0 Å². The van der Waals surface area contributed by atoms with Gasteiger partial charge in [-0.1, -0.05) is 39.0 Å². The summed E-state index contributed by atoms with van der Waals surface area (Å²) in [6.45, 7) is 12.5. The molecule has 1 N–H and O–H groups in total. The standard InChI is InChI=1S/C17H27N/c1-16(2,3)15-8-6-7-13-9-10-17(4,5)18-12-14(13)11-15/h7-8,11,18H,6,9-10,12H2,1-5H3. The minimum atomic E-state index is 0.248. The SMILES string of the molecule is CC1(C)CCC2=CCC=C(C(C)(C)C)C=C2CN1. The quantitative estimate of drug-likeness (QED) is 0.668. The highest BCUT2D eigenvalue weighted by molar-refractivity contribution is 5.43. The normalized spacial score (nSPS) is 24.2. The van der Waals surface area contributed by atoms with E-state index in [0.29, 0.717) is 0 Å². The van der Waals surface area contributed by atoms with E-state index in [4.69, 9.17) is 0 Å². The van der Waals surface area contributed by atoms with E-state index in [1.807, 2.05) is 0 Å². The molecule has 1 nitrogen and oxygen atoms in total. The van der Waals surface area contributed by atoms with Gasteiger partial charge in [0.1, 0.15) is 0 Å². The topological polar surface area (TPSA) is 12.0 Å². The summed E-state index contributed by atoms with van der Waals surface area (Å²) in [5, 5.41) is 3.68. The third-order valence-electron chi connectivity index (χ3n) is 4.09. The number of hydrogen-bond acceptors (Lipinski definition) is 1. The summed E-state index contributed by atoms with van der Waals surface area (Å²) < 4.78 is 0. The Labute approximate surface area is 112 Å². The fourth-order valence-corrected chi connectivity index (χ4v) is 2.62. The van der Waals surface area contributed by atoms with Gasteiger partial charge in [0.15, 0.2) is 0 Å². The van der Waals surface area contributed by atoms with Crippen molar-refractivity contribution in [2.75, 3.05) is 6.54 Å². The first-order valence-electron chi connectivity index (χ1n) is 7.14. The Morgan fingerprint density at radius 3 is 2.50 bits per heavy atom. The van der Waals surface area contributed by atoms with Crippen molar-refractivity contribution >= 4 is 0 Å². The van der Waals surface area contributed by atoms with Crippen molar-refractivity contribution in [2.24, 2.45) is 5.41 Å². The molecular formula is C17H27N. The second-order valence-electron chi connectivity index (χ2n) is 7.28. The minimum Gasteiger partial charge on any atom is -0.308 e. The smallest absolute Gasteiger partial charge is 0.0213 e. The number of allylic oxidation sites excluding steroid dienone is 4. The van der Waals surface area contributed by atoms with E-state index in [9.17, 15) is 0 Å². The third-order valence-corrected chi connectivity index (χ3v) is 4.09. The predicted octanol–water partition coefficient (Wildman–Crippen LogP) is 4.38. The average Bonchev–Trinajstić information content (AvgIpc) is 2.51. The Morgan fingerprint density at radius 2 is 1.83 bits per heavy atom. The molecule has 1 heterocycles. The van der Waals surface area contributed by atoms with E-state index < -0.39 is 0 Å². The fourth-order valence-electron chi connectivity index (χ4n) is 2.62. The van der Waals surface area contributed by atoms with Crippen molar-refractivity contribution in [3.05, 3.63) is 34.9 Å². The maximum absolute atomic E-state index is 3.68. The Hall–Kier alpha value is -0.820. The molecule has 2 aliphatic rings. The van der Waals surface area contributed by atoms with Crippen LogP contribution in [0.3, 0.4) is 0 Å². The largest absolute Gasteiger partial charge is 0.308 e. The highest BCUT2D eigenvalue weighted by atomic mass is 15.0. The van der Waals surface area contributed by atoms with E-state index in [1.165, 1.54) is 24.0 Å². The zero-order chi connectivity index (χ0) is 13.4. The van der Waals surface area contributed by atoms with Crippen LogP contribution in [0.5, 0.6) is 0 Å². The van der Waals surface area contributed by atoms with Crippen molar-refractivity contribution < 1.29 is 0 Å². The second kappa shape index (κ2) is 4.70. The van der Waals surface area contributed by atoms with E-state index in [-0.39, 0.29) is 11.0 Å². The van der Waals surface area contributed by atoms with E-state index in [1.54, 1.807) is 5.57 Å². The summed E-state index contributed by atoms with van der Waals surface area (Å²) in [5.74, 6) is 0. The summed E-state index contributed by atoms with van der Waals surface area (Å²) >= 11 is 0. The van der Waals surface area contributed by atoms with Gasteiger partial charge in [0.05, 0.1) is 0 Å². The van der Waals surface area contributed by atoms with Crippen LogP contribution in [0.25, 0.3) is 0 Å². The van der Waals surface area contributed by atoms with E-state index in [2.05, 4.69) is 58.2 Å². The van der Waals surface area contributed by atoms with Gasteiger partial charge >= 0.3 is 0 Å². The molecule has 2 rings (SSSR count). The maximum Gasteiger partial charge on any atom is 0.0213 e. The average molecular weight is 245 g/mol. The molecule has 0 aromatic rings. The first-order chi connectivity index (χ1) is 8.28. The molecule has 1 fully saturated rings.